The molecule has 9 heteroatoms. The molecule has 1 unspecified atom stereocenters. The fourth-order valence-corrected chi connectivity index (χ4v) is 0.527. The third kappa shape index (κ3) is 3.42. The summed E-state index contributed by atoms with van der Waals surface area (Å²) in [5.41, 5.74) is 4.39. The van der Waals surface area contributed by atoms with Gasteiger partial charge in [0.2, 0.25) is 0 Å². The standard InChI is InChI=1S/C5H6F5NO2.H2O/c6-4(7,5(8,9)10)2(11)1-3(12)13;/h2H,1,11H2,(H,12,13);1H2. The van der Waals surface area contributed by atoms with E-state index in [0.717, 1.165) is 0 Å². The van der Waals surface area contributed by atoms with Gasteiger partial charge in [-0.05, 0) is 0 Å². The monoisotopic (exact) mass is 225 g/mol. The number of carbonyl (C=O) groups is 1. The molecule has 0 radical (unpaired) electrons. The predicted molar refractivity (Wildman–Crippen MR) is 34.8 cm³/mol. The molecule has 1 atom stereocenters. The fraction of sp³-hybridized carbons (Fsp3) is 0.800. The first-order valence-corrected chi connectivity index (χ1v) is 3.01. The molecule has 0 amide bonds. The Hall–Kier alpha value is -0.960. The topological polar surface area (TPSA) is 94.8 Å². The first kappa shape index (κ1) is 15.5. The van der Waals surface area contributed by atoms with Crippen molar-refractivity contribution in [1.29, 1.82) is 0 Å². The van der Waals surface area contributed by atoms with Crippen LogP contribution in [0.3, 0.4) is 0 Å². The number of alkyl halides is 5. The fourth-order valence-electron chi connectivity index (χ4n) is 0.527. The van der Waals surface area contributed by atoms with Gasteiger partial charge in [0, 0.05) is 0 Å². The molecule has 0 spiro atoms. The van der Waals surface area contributed by atoms with E-state index in [9.17, 15) is 26.7 Å². The molecule has 0 aromatic rings. The third-order valence-electron chi connectivity index (χ3n) is 1.24. The van der Waals surface area contributed by atoms with E-state index >= 15 is 0 Å². The van der Waals surface area contributed by atoms with Crippen LogP contribution < -0.4 is 5.73 Å². The van der Waals surface area contributed by atoms with Gasteiger partial charge in [0.15, 0.2) is 0 Å². The minimum Gasteiger partial charge on any atom is -0.481 e. The smallest absolute Gasteiger partial charge is 0.454 e. The molecule has 0 rings (SSSR count). The highest BCUT2D eigenvalue weighted by molar-refractivity contribution is 5.67. The molecule has 0 aromatic carbocycles. The van der Waals surface area contributed by atoms with E-state index in [0.29, 0.717) is 0 Å². The first-order chi connectivity index (χ1) is 5.59. The maximum absolute atomic E-state index is 12.2. The summed E-state index contributed by atoms with van der Waals surface area (Å²) in [5.74, 6) is -6.98. The summed E-state index contributed by atoms with van der Waals surface area (Å²) in [6.07, 6.45) is -7.26. The Morgan fingerprint density at radius 2 is 1.64 bits per heavy atom. The summed E-state index contributed by atoms with van der Waals surface area (Å²) >= 11 is 0. The zero-order valence-electron chi connectivity index (χ0n) is 6.61. The molecular formula is C5H8F5NO3. The molecular weight excluding hydrogens is 217 g/mol. The summed E-state index contributed by atoms with van der Waals surface area (Å²) in [6, 6.07) is -2.76. The van der Waals surface area contributed by atoms with Crippen LogP contribution in [0, 0.1) is 0 Å². The number of rotatable bonds is 3. The Morgan fingerprint density at radius 3 is 1.86 bits per heavy atom. The lowest BCUT2D eigenvalue weighted by molar-refractivity contribution is -0.289. The van der Waals surface area contributed by atoms with E-state index in [2.05, 4.69) is 5.73 Å². The van der Waals surface area contributed by atoms with Gasteiger partial charge in [-0.25, -0.2) is 0 Å². The quantitative estimate of drug-likeness (QED) is 0.669. The highest BCUT2D eigenvalue weighted by atomic mass is 19.4. The average Bonchev–Trinajstić information content (AvgIpc) is 1.82. The van der Waals surface area contributed by atoms with E-state index in [-0.39, 0.29) is 5.48 Å². The summed E-state index contributed by atoms with van der Waals surface area (Å²) in [5, 5.41) is 7.93. The van der Waals surface area contributed by atoms with Crippen molar-refractivity contribution in [3.05, 3.63) is 0 Å². The molecule has 0 bridgehead atoms. The molecule has 14 heavy (non-hydrogen) atoms. The zero-order valence-corrected chi connectivity index (χ0v) is 6.61. The second-order valence-corrected chi connectivity index (χ2v) is 2.33. The molecule has 0 aromatic heterocycles. The number of halogens is 5. The number of nitrogens with two attached hydrogens (primary N) is 1. The van der Waals surface area contributed by atoms with Gasteiger partial charge in [-0.1, -0.05) is 0 Å². The molecule has 86 valence electrons. The molecule has 0 saturated heterocycles. The molecule has 0 heterocycles. The summed E-state index contributed by atoms with van der Waals surface area (Å²) < 4.78 is 58.9. The van der Waals surface area contributed by atoms with Crippen molar-refractivity contribution in [1.82, 2.24) is 0 Å². The van der Waals surface area contributed by atoms with Crippen LogP contribution in [-0.2, 0) is 4.79 Å². The molecule has 0 aliphatic heterocycles. The lowest BCUT2D eigenvalue weighted by Gasteiger charge is -2.24. The van der Waals surface area contributed by atoms with Crippen molar-refractivity contribution in [3.8, 4) is 0 Å². The summed E-state index contributed by atoms with van der Waals surface area (Å²) in [4.78, 5) is 9.80. The van der Waals surface area contributed by atoms with Gasteiger partial charge in [0.1, 0.15) is 0 Å². The molecule has 0 fully saturated rings. The van der Waals surface area contributed by atoms with Crippen molar-refractivity contribution in [2.75, 3.05) is 0 Å². The van der Waals surface area contributed by atoms with Gasteiger partial charge in [-0.2, -0.15) is 22.0 Å². The second-order valence-electron chi connectivity index (χ2n) is 2.33. The van der Waals surface area contributed by atoms with Crippen LogP contribution >= 0.6 is 0 Å². The Labute approximate surface area is 74.8 Å². The van der Waals surface area contributed by atoms with Crippen molar-refractivity contribution in [3.63, 3.8) is 0 Å². The normalized spacial score (nSPS) is 14.4. The predicted octanol–water partition coefficient (Wildman–Crippen LogP) is 0.161. The number of carboxylic acids is 1. The average molecular weight is 225 g/mol. The third-order valence-corrected chi connectivity index (χ3v) is 1.24. The molecule has 4 nitrogen and oxygen atoms in total. The van der Waals surface area contributed by atoms with E-state index in [1.165, 1.54) is 0 Å². The minimum atomic E-state index is -5.82. The maximum Gasteiger partial charge on any atom is 0.454 e. The van der Waals surface area contributed by atoms with Gasteiger partial charge in [-0.3, -0.25) is 4.79 Å². The van der Waals surface area contributed by atoms with Gasteiger partial charge >= 0.3 is 18.1 Å². The Morgan fingerprint density at radius 1 is 1.29 bits per heavy atom. The van der Waals surface area contributed by atoms with Gasteiger partial charge in [0.05, 0.1) is 12.5 Å². The highest BCUT2D eigenvalue weighted by Gasteiger charge is 2.61. The first-order valence-electron chi connectivity index (χ1n) is 3.01. The van der Waals surface area contributed by atoms with Crippen LogP contribution in [0.25, 0.3) is 0 Å². The van der Waals surface area contributed by atoms with Crippen molar-refractivity contribution >= 4 is 5.97 Å². The largest absolute Gasteiger partial charge is 0.481 e. The lowest BCUT2D eigenvalue weighted by atomic mass is 10.1. The van der Waals surface area contributed by atoms with Crippen molar-refractivity contribution < 1.29 is 37.3 Å². The van der Waals surface area contributed by atoms with E-state index < -0.39 is 30.5 Å². The van der Waals surface area contributed by atoms with Crippen LogP contribution in [0.15, 0.2) is 0 Å². The van der Waals surface area contributed by atoms with Crippen molar-refractivity contribution in [2.45, 2.75) is 24.6 Å². The number of hydrogen-bond acceptors (Lipinski definition) is 2. The van der Waals surface area contributed by atoms with Crippen molar-refractivity contribution in [2.24, 2.45) is 5.73 Å². The van der Waals surface area contributed by atoms with E-state index in [4.69, 9.17) is 5.11 Å². The lowest BCUT2D eigenvalue weighted by Crippen LogP contribution is -2.52. The van der Waals surface area contributed by atoms with E-state index in [1.807, 2.05) is 0 Å². The highest BCUT2D eigenvalue weighted by Crippen LogP contribution is 2.38. The molecule has 0 aliphatic rings. The minimum absolute atomic E-state index is 0. The Bertz CT molecular complexity index is 204. The Balaban J connectivity index is 0. The van der Waals surface area contributed by atoms with E-state index in [1.54, 1.807) is 0 Å². The van der Waals surface area contributed by atoms with Gasteiger partial charge in [0.25, 0.3) is 0 Å². The van der Waals surface area contributed by atoms with Gasteiger partial charge < -0.3 is 16.3 Å². The van der Waals surface area contributed by atoms with Crippen LogP contribution in [0.1, 0.15) is 6.42 Å². The maximum atomic E-state index is 12.2. The second kappa shape index (κ2) is 4.51. The van der Waals surface area contributed by atoms with Crippen LogP contribution in [0.4, 0.5) is 22.0 Å². The molecule has 0 aliphatic carbocycles. The van der Waals surface area contributed by atoms with Crippen LogP contribution in [-0.4, -0.2) is 34.7 Å². The van der Waals surface area contributed by atoms with Crippen LogP contribution in [0.5, 0.6) is 0 Å². The summed E-state index contributed by atoms with van der Waals surface area (Å²) in [6.45, 7) is 0. The zero-order chi connectivity index (χ0) is 10.9. The Kier molecular flexibility index (Phi) is 5.00. The van der Waals surface area contributed by atoms with Gasteiger partial charge in [-0.15, -0.1) is 0 Å². The van der Waals surface area contributed by atoms with Crippen LogP contribution in [0.2, 0.25) is 0 Å². The number of carboxylic acid groups (broad SMARTS) is 1. The number of hydrogen-bond donors (Lipinski definition) is 2. The SMILES string of the molecule is NC(CC(=O)O)C(F)(F)C(F)(F)F.O. The summed E-state index contributed by atoms with van der Waals surface area (Å²) in [7, 11) is 0. The molecule has 0 saturated carbocycles. The number of aliphatic carboxylic acids is 1. The molecule has 5 N–H and O–H groups in total.